The summed E-state index contributed by atoms with van der Waals surface area (Å²) >= 11 is 0. The molecule has 2 nitrogen and oxygen atoms in total. The fourth-order valence-electron chi connectivity index (χ4n) is 2.63. The van der Waals surface area contributed by atoms with E-state index < -0.39 is 0 Å². The van der Waals surface area contributed by atoms with E-state index in [9.17, 15) is 4.79 Å². The van der Waals surface area contributed by atoms with E-state index in [-0.39, 0.29) is 5.91 Å². The number of rotatable bonds is 4. The van der Waals surface area contributed by atoms with E-state index in [0.717, 1.165) is 28.0 Å². The van der Waals surface area contributed by atoms with Crippen molar-refractivity contribution in [3.05, 3.63) is 102 Å². The Kier molecular flexibility index (Phi) is 4.87. The predicted octanol–water partition coefficient (Wildman–Crippen LogP) is 5.23. The number of nitrogens with one attached hydrogen (secondary N) is 1. The van der Waals surface area contributed by atoms with Crippen molar-refractivity contribution in [3.63, 3.8) is 0 Å². The highest BCUT2D eigenvalue weighted by molar-refractivity contribution is 5.94. The molecule has 0 saturated carbocycles. The van der Waals surface area contributed by atoms with Crippen molar-refractivity contribution in [2.75, 3.05) is 5.32 Å². The van der Waals surface area contributed by atoms with Gasteiger partial charge in [-0.05, 0) is 40.5 Å². The van der Waals surface area contributed by atoms with Gasteiger partial charge in [-0.1, -0.05) is 72.8 Å². The molecule has 0 spiro atoms. The van der Waals surface area contributed by atoms with Gasteiger partial charge in [0.15, 0.2) is 0 Å². The third-order valence-corrected chi connectivity index (χ3v) is 3.69. The molecule has 0 bridgehead atoms. The van der Waals surface area contributed by atoms with Gasteiger partial charge in [-0.15, -0.1) is 0 Å². The van der Waals surface area contributed by atoms with Crippen LogP contribution in [0.2, 0.25) is 0 Å². The molecule has 0 fully saturated rings. The van der Waals surface area contributed by atoms with Crippen molar-refractivity contribution in [2.24, 2.45) is 0 Å². The molecular formula is C22H19NO. The molecule has 118 valence electrons. The smallest absolute Gasteiger partial charge is 0.221 e. The van der Waals surface area contributed by atoms with E-state index in [1.165, 1.54) is 6.92 Å². The summed E-state index contributed by atoms with van der Waals surface area (Å²) in [4.78, 5) is 11.3. The van der Waals surface area contributed by atoms with Crippen molar-refractivity contribution in [3.8, 4) is 0 Å². The Morgan fingerprint density at radius 3 is 2.08 bits per heavy atom. The van der Waals surface area contributed by atoms with Crippen molar-refractivity contribution >= 4 is 23.2 Å². The average molecular weight is 313 g/mol. The maximum Gasteiger partial charge on any atom is 0.221 e. The van der Waals surface area contributed by atoms with E-state index in [0.29, 0.717) is 0 Å². The Morgan fingerprint density at radius 2 is 1.42 bits per heavy atom. The summed E-state index contributed by atoms with van der Waals surface area (Å²) in [5.41, 5.74) is 5.27. The van der Waals surface area contributed by atoms with Gasteiger partial charge >= 0.3 is 0 Å². The first-order chi connectivity index (χ1) is 11.7. The Labute approximate surface area is 142 Å². The van der Waals surface area contributed by atoms with Crippen molar-refractivity contribution < 1.29 is 4.79 Å². The Morgan fingerprint density at radius 1 is 0.792 bits per heavy atom. The van der Waals surface area contributed by atoms with Crippen LogP contribution in [0, 0.1) is 0 Å². The second-order valence-electron chi connectivity index (χ2n) is 5.60. The van der Waals surface area contributed by atoms with Crippen LogP contribution in [0.4, 0.5) is 5.69 Å². The molecule has 0 aromatic heterocycles. The molecule has 0 aliphatic carbocycles. The number of hydrogen-bond acceptors (Lipinski definition) is 1. The molecule has 3 aromatic rings. The van der Waals surface area contributed by atoms with Crippen LogP contribution in [-0.2, 0) is 4.79 Å². The average Bonchev–Trinajstić information content (AvgIpc) is 2.61. The normalized spacial score (nSPS) is 11.1. The van der Waals surface area contributed by atoms with E-state index in [1.807, 2.05) is 54.6 Å². The fourth-order valence-corrected chi connectivity index (χ4v) is 2.63. The monoisotopic (exact) mass is 313 g/mol. The van der Waals surface area contributed by atoms with Crippen LogP contribution in [0.1, 0.15) is 23.6 Å². The summed E-state index contributed by atoms with van der Waals surface area (Å²) in [7, 11) is 0. The van der Waals surface area contributed by atoms with Crippen LogP contribution in [0.3, 0.4) is 0 Å². The van der Waals surface area contributed by atoms with Crippen molar-refractivity contribution in [1.82, 2.24) is 0 Å². The van der Waals surface area contributed by atoms with Crippen LogP contribution < -0.4 is 5.32 Å². The Bertz CT molecular complexity index is 851. The van der Waals surface area contributed by atoms with Crippen LogP contribution in [0.5, 0.6) is 0 Å². The molecular weight excluding hydrogens is 294 g/mol. The Balaban J connectivity index is 2.09. The summed E-state index contributed by atoms with van der Waals surface area (Å²) in [6.45, 7) is 1.52. The van der Waals surface area contributed by atoms with Gasteiger partial charge in [0.25, 0.3) is 0 Å². The van der Waals surface area contributed by atoms with E-state index in [4.69, 9.17) is 0 Å². The number of carbonyl (C=O) groups is 1. The first kappa shape index (κ1) is 15.8. The second-order valence-corrected chi connectivity index (χ2v) is 5.60. The lowest BCUT2D eigenvalue weighted by Crippen LogP contribution is -2.05. The molecule has 0 aliphatic rings. The minimum Gasteiger partial charge on any atom is -0.326 e. The highest BCUT2D eigenvalue weighted by Gasteiger charge is 2.07. The molecule has 0 saturated heterocycles. The zero-order valence-corrected chi connectivity index (χ0v) is 13.6. The molecule has 0 unspecified atom stereocenters. The standard InChI is InChI=1S/C22H19NO/c1-17(24)23-21-14-8-13-20(16-21)22(19-11-6-3-7-12-19)15-18-9-4-2-5-10-18/h2-16H,1H3,(H,23,24)/b22-15+. The highest BCUT2D eigenvalue weighted by Crippen LogP contribution is 2.27. The highest BCUT2D eigenvalue weighted by atomic mass is 16.1. The lowest BCUT2D eigenvalue weighted by molar-refractivity contribution is -0.114. The number of carbonyl (C=O) groups excluding carboxylic acids is 1. The number of benzene rings is 3. The van der Waals surface area contributed by atoms with Crippen LogP contribution >= 0.6 is 0 Å². The summed E-state index contributed by atoms with van der Waals surface area (Å²) < 4.78 is 0. The Hall–Kier alpha value is -3.13. The van der Waals surface area contributed by atoms with Gasteiger partial charge in [0.05, 0.1) is 0 Å². The zero-order valence-electron chi connectivity index (χ0n) is 13.6. The maximum absolute atomic E-state index is 11.3. The topological polar surface area (TPSA) is 29.1 Å². The number of amides is 1. The molecule has 0 aliphatic heterocycles. The number of anilines is 1. The minimum absolute atomic E-state index is 0.0690. The molecule has 2 heteroatoms. The number of hydrogen-bond donors (Lipinski definition) is 1. The summed E-state index contributed by atoms with van der Waals surface area (Å²) in [5.74, 6) is -0.0690. The summed E-state index contributed by atoms with van der Waals surface area (Å²) in [6, 6.07) is 28.4. The SMILES string of the molecule is CC(=O)Nc1cccc(/C(=C/c2ccccc2)c2ccccc2)c1. The molecule has 3 aromatic carbocycles. The van der Waals surface area contributed by atoms with E-state index in [1.54, 1.807) is 0 Å². The van der Waals surface area contributed by atoms with Crippen molar-refractivity contribution in [1.29, 1.82) is 0 Å². The predicted molar refractivity (Wildman–Crippen MR) is 101 cm³/mol. The molecule has 1 N–H and O–H groups in total. The van der Waals surface area contributed by atoms with Crippen LogP contribution in [0.25, 0.3) is 11.6 Å². The first-order valence-electron chi connectivity index (χ1n) is 7.92. The van der Waals surface area contributed by atoms with Gasteiger partial charge in [-0.25, -0.2) is 0 Å². The summed E-state index contributed by atoms with van der Waals surface area (Å²) in [6.07, 6.45) is 2.17. The third kappa shape index (κ3) is 3.99. The van der Waals surface area contributed by atoms with E-state index >= 15 is 0 Å². The first-order valence-corrected chi connectivity index (χ1v) is 7.92. The second kappa shape index (κ2) is 7.42. The summed E-state index contributed by atoms with van der Waals surface area (Å²) in [5, 5.41) is 2.85. The lowest BCUT2D eigenvalue weighted by Gasteiger charge is -2.11. The van der Waals surface area contributed by atoms with Crippen LogP contribution in [-0.4, -0.2) is 5.91 Å². The molecule has 24 heavy (non-hydrogen) atoms. The zero-order chi connectivity index (χ0) is 16.8. The van der Waals surface area contributed by atoms with Gasteiger partial charge in [-0.3, -0.25) is 4.79 Å². The van der Waals surface area contributed by atoms with Gasteiger partial charge in [0.2, 0.25) is 5.91 Å². The van der Waals surface area contributed by atoms with E-state index in [2.05, 4.69) is 41.7 Å². The maximum atomic E-state index is 11.3. The van der Waals surface area contributed by atoms with Gasteiger partial charge in [0, 0.05) is 12.6 Å². The molecule has 0 heterocycles. The third-order valence-electron chi connectivity index (χ3n) is 3.69. The largest absolute Gasteiger partial charge is 0.326 e. The van der Waals surface area contributed by atoms with Crippen LogP contribution in [0.15, 0.2) is 84.9 Å². The minimum atomic E-state index is -0.0690. The molecule has 0 radical (unpaired) electrons. The van der Waals surface area contributed by atoms with Gasteiger partial charge in [-0.2, -0.15) is 0 Å². The van der Waals surface area contributed by atoms with Crippen molar-refractivity contribution in [2.45, 2.75) is 6.92 Å². The van der Waals surface area contributed by atoms with Gasteiger partial charge in [0.1, 0.15) is 0 Å². The molecule has 1 amide bonds. The molecule has 3 rings (SSSR count). The quantitative estimate of drug-likeness (QED) is 0.656. The van der Waals surface area contributed by atoms with Gasteiger partial charge < -0.3 is 5.32 Å². The fraction of sp³-hybridized carbons (Fsp3) is 0.0455. The lowest BCUT2D eigenvalue weighted by atomic mass is 9.95. The molecule has 0 atom stereocenters.